The van der Waals surface area contributed by atoms with Gasteiger partial charge in [0.05, 0.1) is 18.2 Å². The summed E-state index contributed by atoms with van der Waals surface area (Å²) >= 11 is 2.77. The third-order valence-electron chi connectivity index (χ3n) is 8.58. The molecular formula is C38H35N3O5S2. The zero-order valence-corrected chi connectivity index (χ0v) is 28.5. The van der Waals surface area contributed by atoms with Gasteiger partial charge in [-0.3, -0.25) is 14.5 Å². The highest BCUT2D eigenvalue weighted by atomic mass is 32.2. The van der Waals surface area contributed by atoms with Gasteiger partial charge < -0.3 is 14.6 Å². The molecule has 1 saturated heterocycles. The number of rotatable bonds is 10. The van der Waals surface area contributed by atoms with E-state index in [-0.39, 0.29) is 22.6 Å². The molecule has 0 unspecified atom stereocenters. The summed E-state index contributed by atoms with van der Waals surface area (Å²) in [7, 11) is 0. The Morgan fingerprint density at radius 1 is 1.04 bits per heavy atom. The van der Waals surface area contributed by atoms with Crippen molar-refractivity contribution in [2.75, 3.05) is 11.5 Å². The van der Waals surface area contributed by atoms with Crippen LogP contribution in [0.25, 0.3) is 16.5 Å². The van der Waals surface area contributed by atoms with Crippen molar-refractivity contribution in [1.29, 1.82) is 0 Å². The highest BCUT2D eigenvalue weighted by Crippen LogP contribution is 2.45. The van der Waals surface area contributed by atoms with Crippen LogP contribution in [0.3, 0.4) is 0 Å². The zero-order chi connectivity index (χ0) is 33.4. The van der Waals surface area contributed by atoms with Gasteiger partial charge in [0.2, 0.25) is 5.13 Å². The van der Waals surface area contributed by atoms with Crippen molar-refractivity contribution >= 4 is 56.5 Å². The van der Waals surface area contributed by atoms with Crippen molar-refractivity contribution < 1.29 is 24.2 Å². The van der Waals surface area contributed by atoms with E-state index in [1.807, 2.05) is 55.5 Å². The molecule has 48 heavy (non-hydrogen) atoms. The van der Waals surface area contributed by atoms with Gasteiger partial charge >= 0.3 is 5.91 Å². The lowest BCUT2D eigenvalue weighted by Crippen LogP contribution is -2.29. The molecule has 0 radical (unpaired) electrons. The van der Waals surface area contributed by atoms with Crippen LogP contribution in [0.1, 0.15) is 55.5 Å². The highest BCUT2D eigenvalue weighted by molar-refractivity contribution is 8.00. The summed E-state index contributed by atoms with van der Waals surface area (Å²) in [5.41, 5.74) is 3.17. The maximum Gasteiger partial charge on any atom is 0.301 e. The molecule has 3 heterocycles. The molecule has 1 amide bonds. The molecule has 0 saturated carbocycles. The van der Waals surface area contributed by atoms with Gasteiger partial charge in [0.15, 0.2) is 4.34 Å². The summed E-state index contributed by atoms with van der Waals surface area (Å²) in [5, 5.41) is 23.2. The molecule has 1 fully saturated rings. The number of hydrogen-bond donors (Lipinski definition) is 1. The first-order valence-corrected chi connectivity index (χ1v) is 17.8. The van der Waals surface area contributed by atoms with Crippen molar-refractivity contribution in [1.82, 2.24) is 10.2 Å². The molecule has 4 aromatic carbocycles. The molecule has 5 aromatic rings. The Labute approximate surface area is 287 Å². The number of benzene rings is 4. The number of ether oxygens (including phenoxy) is 2. The standard InChI is InChI=1S/C38H35N3O5S2/c1-22(2)16-17-45-29-12-7-10-25(20-29)33-32(34(42)26-14-15-31-28(19-26)18-23(3)46-31)35(43)36(44)41(33)37-39-40-38(48-37)47-21-27-11-6-9-24-8-4-5-13-30(24)27/h4-15,19-20,22-23,33,42H,16-18,21H2,1-3H3/b34-32+/t23-,33+/m0/s1. The van der Waals surface area contributed by atoms with Crippen LogP contribution in [-0.2, 0) is 21.8 Å². The van der Waals surface area contributed by atoms with Crippen LogP contribution in [0, 0.1) is 5.92 Å². The van der Waals surface area contributed by atoms with Crippen molar-refractivity contribution in [3.8, 4) is 11.5 Å². The molecule has 2 aliphatic heterocycles. The first kappa shape index (κ1) is 31.9. The number of thioether (sulfide) groups is 1. The number of carbonyl (C=O) groups excluding carboxylic acids is 2. The number of aromatic nitrogens is 2. The Bertz CT molecular complexity index is 2050. The number of fused-ring (bicyclic) bond motifs is 2. The van der Waals surface area contributed by atoms with E-state index in [1.165, 1.54) is 38.9 Å². The van der Waals surface area contributed by atoms with Crippen LogP contribution in [0.2, 0.25) is 0 Å². The minimum Gasteiger partial charge on any atom is -0.507 e. The summed E-state index contributed by atoms with van der Waals surface area (Å²) in [6, 6.07) is 26.2. The van der Waals surface area contributed by atoms with Gasteiger partial charge in [0.1, 0.15) is 23.4 Å². The fourth-order valence-corrected chi connectivity index (χ4v) is 8.04. The van der Waals surface area contributed by atoms with Gasteiger partial charge in [-0.25, -0.2) is 0 Å². The second kappa shape index (κ2) is 13.4. The predicted octanol–water partition coefficient (Wildman–Crippen LogP) is 8.36. The van der Waals surface area contributed by atoms with E-state index in [2.05, 4.69) is 48.3 Å². The van der Waals surface area contributed by atoms with Crippen molar-refractivity contribution in [2.45, 2.75) is 55.9 Å². The third kappa shape index (κ3) is 6.30. The molecule has 0 spiro atoms. The number of aliphatic hydroxyl groups is 1. The molecule has 10 heteroatoms. The van der Waals surface area contributed by atoms with Crippen LogP contribution in [0.15, 0.2) is 94.8 Å². The number of hydrogen-bond acceptors (Lipinski definition) is 9. The predicted molar refractivity (Wildman–Crippen MR) is 190 cm³/mol. The zero-order valence-electron chi connectivity index (χ0n) is 26.9. The first-order chi connectivity index (χ1) is 23.3. The Morgan fingerprint density at radius 2 is 1.85 bits per heavy atom. The normalized spacial score (nSPS) is 18.5. The summed E-state index contributed by atoms with van der Waals surface area (Å²) in [6.07, 6.45) is 1.59. The Kier molecular flexibility index (Phi) is 8.94. The third-order valence-corrected chi connectivity index (χ3v) is 10.7. The van der Waals surface area contributed by atoms with Crippen molar-refractivity contribution in [3.05, 3.63) is 113 Å². The number of ketones is 1. The van der Waals surface area contributed by atoms with E-state index in [1.54, 1.807) is 12.1 Å². The largest absolute Gasteiger partial charge is 0.507 e. The smallest absolute Gasteiger partial charge is 0.301 e. The average molecular weight is 678 g/mol. The molecular weight excluding hydrogens is 643 g/mol. The van der Waals surface area contributed by atoms with E-state index in [0.29, 0.717) is 45.9 Å². The van der Waals surface area contributed by atoms with E-state index in [9.17, 15) is 14.7 Å². The van der Waals surface area contributed by atoms with Crippen molar-refractivity contribution in [3.63, 3.8) is 0 Å². The van der Waals surface area contributed by atoms with Gasteiger partial charge in [0.25, 0.3) is 5.78 Å². The minimum absolute atomic E-state index is 0.00796. The van der Waals surface area contributed by atoms with Crippen LogP contribution < -0.4 is 14.4 Å². The molecule has 8 nitrogen and oxygen atoms in total. The number of carbonyl (C=O) groups is 2. The Hall–Kier alpha value is -4.67. The van der Waals surface area contributed by atoms with Gasteiger partial charge in [-0.05, 0) is 77.1 Å². The number of Topliss-reactive ketones (excluding diaryl/α,β-unsaturated/α-hetero) is 1. The number of aliphatic hydroxyl groups excluding tert-OH is 1. The molecule has 244 valence electrons. The van der Waals surface area contributed by atoms with Gasteiger partial charge in [-0.2, -0.15) is 0 Å². The Morgan fingerprint density at radius 3 is 2.71 bits per heavy atom. The van der Waals surface area contributed by atoms with E-state index in [4.69, 9.17) is 9.47 Å². The molecule has 0 aliphatic carbocycles. The van der Waals surface area contributed by atoms with Crippen LogP contribution in [0.4, 0.5) is 5.13 Å². The topological polar surface area (TPSA) is 102 Å². The summed E-state index contributed by atoms with van der Waals surface area (Å²) in [6.45, 7) is 6.79. The lowest BCUT2D eigenvalue weighted by Gasteiger charge is -2.23. The number of anilines is 1. The van der Waals surface area contributed by atoms with E-state index in [0.717, 1.165) is 23.1 Å². The molecule has 2 aliphatic rings. The van der Waals surface area contributed by atoms with E-state index >= 15 is 0 Å². The summed E-state index contributed by atoms with van der Waals surface area (Å²) in [5.74, 6) is 0.710. The van der Waals surface area contributed by atoms with Gasteiger partial charge in [-0.1, -0.05) is 91.5 Å². The second-order valence-electron chi connectivity index (χ2n) is 12.5. The Balaban J connectivity index is 1.25. The molecule has 1 N–H and O–H groups in total. The summed E-state index contributed by atoms with van der Waals surface area (Å²) in [4.78, 5) is 29.0. The fraction of sp³-hybridized carbons (Fsp3) is 0.263. The molecule has 2 atom stereocenters. The van der Waals surface area contributed by atoms with Gasteiger partial charge in [-0.15, -0.1) is 10.2 Å². The lowest BCUT2D eigenvalue weighted by atomic mass is 9.94. The fourth-order valence-electron chi connectivity index (χ4n) is 6.17. The number of nitrogens with zero attached hydrogens (tertiary/aromatic N) is 3. The van der Waals surface area contributed by atoms with E-state index < -0.39 is 17.7 Å². The lowest BCUT2D eigenvalue weighted by molar-refractivity contribution is -0.132. The SMILES string of the molecule is CC(C)CCOc1cccc([C@@H]2/C(=C(\O)c3ccc4c(c3)C[C@H](C)O4)C(=O)C(=O)N2c2nnc(SCc3cccc4ccccc34)s2)c1. The average Bonchev–Trinajstić information content (AvgIpc) is 3.78. The van der Waals surface area contributed by atoms with Crippen molar-refractivity contribution in [2.24, 2.45) is 5.92 Å². The van der Waals surface area contributed by atoms with Gasteiger partial charge in [0, 0.05) is 17.7 Å². The minimum atomic E-state index is -0.939. The quantitative estimate of drug-likeness (QED) is 0.0518. The van der Waals surface area contributed by atoms with Crippen LogP contribution in [-0.4, -0.2) is 39.7 Å². The maximum atomic E-state index is 13.8. The maximum absolute atomic E-state index is 13.8. The van der Waals surface area contributed by atoms with Crippen LogP contribution >= 0.6 is 23.1 Å². The molecule has 7 rings (SSSR count). The monoisotopic (exact) mass is 677 g/mol. The highest BCUT2D eigenvalue weighted by Gasteiger charge is 2.48. The second-order valence-corrected chi connectivity index (χ2v) is 14.7. The van der Waals surface area contributed by atoms with Crippen LogP contribution in [0.5, 0.6) is 11.5 Å². The summed E-state index contributed by atoms with van der Waals surface area (Å²) < 4.78 is 12.6. The first-order valence-electron chi connectivity index (χ1n) is 16.0. The molecule has 0 bridgehead atoms. The molecule has 1 aromatic heterocycles. The number of amides is 1.